The molecule has 1 amide bonds. The van der Waals surface area contributed by atoms with Crippen molar-refractivity contribution in [2.75, 3.05) is 0 Å². The topological polar surface area (TPSA) is 62.1 Å². The number of hydrogen-bond donors (Lipinski definition) is 1. The molecule has 18 heavy (non-hydrogen) atoms. The molecule has 0 saturated heterocycles. The molecule has 0 bridgehead atoms. The number of alkyl carbamates (subject to hydrolysis) is 1. The van der Waals surface area contributed by atoms with Gasteiger partial charge in [-0.1, -0.05) is 12.8 Å². The van der Waals surface area contributed by atoms with Crippen molar-refractivity contribution in [3.63, 3.8) is 0 Å². The average molecular weight is 252 g/mol. The summed E-state index contributed by atoms with van der Waals surface area (Å²) in [5.41, 5.74) is -1.55. The fraction of sp³-hybridized carbons (Fsp3) is 0.857. The van der Waals surface area contributed by atoms with E-state index < -0.39 is 22.6 Å². The number of nitriles is 1. The Hall–Kier alpha value is -1.24. The number of hydrogen-bond acceptors (Lipinski definition) is 3. The van der Waals surface area contributed by atoms with Gasteiger partial charge in [0.05, 0.1) is 17.0 Å². The molecule has 0 atom stereocenters. The highest BCUT2D eigenvalue weighted by Gasteiger charge is 2.49. The fourth-order valence-electron chi connectivity index (χ4n) is 2.49. The Kier molecular flexibility index (Phi) is 3.95. The average Bonchev–Trinajstić information content (AvgIpc) is 2.64. The lowest BCUT2D eigenvalue weighted by atomic mass is 9.72. The van der Waals surface area contributed by atoms with E-state index >= 15 is 0 Å². The molecular formula is C14H24N2O2. The van der Waals surface area contributed by atoms with Gasteiger partial charge in [0.15, 0.2) is 0 Å². The predicted octanol–water partition coefficient (Wildman–Crippen LogP) is 3.37. The maximum atomic E-state index is 11.9. The molecule has 0 aromatic heterocycles. The van der Waals surface area contributed by atoms with Crippen molar-refractivity contribution in [1.82, 2.24) is 5.32 Å². The summed E-state index contributed by atoms with van der Waals surface area (Å²) in [6.45, 7) is 9.28. The normalized spacial score (nSPS) is 19.1. The highest BCUT2D eigenvalue weighted by molar-refractivity contribution is 5.69. The first-order valence-electron chi connectivity index (χ1n) is 6.54. The van der Waals surface area contributed by atoms with Crippen molar-refractivity contribution in [2.45, 2.75) is 71.4 Å². The molecule has 1 N–H and O–H groups in total. The van der Waals surface area contributed by atoms with Gasteiger partial charge >= 0.3 is 6.09 Å². The van der Waals surface area contributed by atoms with Crippen LogP contribution in [0.5, 0.6) is 0 Å². The largest absolute Gasteiger partial charge is 0.444 e. The highest BCUT2D eigenvalue weighted by Crippen LogP contribution is 2.43. The molecule has 0 aromatic carbocycles. The van der Waals surface area contributed by atoms with Gasteiger partial charge in [-0.3, -0.25) is 0 Å². The maximum absolute atomic E-state index is 11.9. The summed E-state index contributed by atoms with van der Waals surface area (Å²) in [4.78, 5) is 11.9. The lowest BCUT2D eigenvalue weighted by Gasteiger charge is -2.40. The van der Waals surface area contributed by atoms with Gasteiger partial charge in [0, 0.05) is 0 Å². The van der Waals surface area contributed by atoms with Crippen LogP contribution in [0.3, 0.4) is 0 Å². The predicted molar refractivity (Wildman–Crippen MR) is 70.0 cm³/mol. The third-order valence-electron chi connectivity index (χ3n) is 3.67. The van der Waals surface area contributed by atoms with Crippen LogP contribution in [0.25, 0.3) is 0 Å². The Balaban J connectivity index is 2.83. The van der Waals surface area contributed by atoms with Gasteiger partial charge in [-0.2, -0.15) is 5.26 Å². The second-order valence-electron chi connectivity index (χ2n) is 6.65. The Morgan fingerprint density at radius 3 is 2.11 bits per heavy atom. The first-order valence-corrected chi connectivity index (χ1v) is 6.54. The van der Waals surface area contributed by atoms with Crippen LogP contribution in [0.15, 0.2) is 0 Å². The lowest BCUT2D eigenvalue weighted by molar-refractivity contribution is 0.0381. The van der Waals surface area contributed by atoms with Crippen molar-refractivity contribution in [2.24, 2.45) is 5.41 Å². The Morgan fingerprint density at radius 2 is 1.72 bits per heavy atom. The summed E-state index contributed by atoms with van der Waals surface area (Å²) in [5.74, 6) is 0. The number of carbonyl (C=O) groups excluding carboxylic acids is 1. The van der Waals surface area contributed by atoms with E-state index in [2.05, 4.69) is 11.4 Å². The van der Waals surface area contributed by atoms with E-state index in [1.54, 1.807) is 0 Å². The third-order valence-corrected chi connectivity index (χ3v) is 3.67. The SMILES string of the molecule is CC(C)(C)OC(=O)NC1(C(C)(C)C#N)CCCC1. The molecule has 4 nitrogen and oxygen atoms in total. The minimum absolute atomic E-state index is 0.423. The van der Waals surface area contributed by atoms with Crippen LogP contribution >= 0.6 is 0 Å². The minimum Gasteiger partial charge on any atom is -0.444 e. The third kappa shape index (κ3) is 3.16. The zero-order valence-corrected chi connectivity index (χ0v) is 12.1. The molecule has 102 valence electrons. The summed E-state index contributed by atoms with van der Waals surface area (Å²) in [5, 5.41) is 12.3. The van der Waals surface area contributed by atoms with E-state index in [0.29, 0.717) is 0 Å². The van der Waals surface area contributed by atoms with Crippen LogP contribution in [-0.4, -0.2) is 17.2 Å². The quantitative estimate of drug-likeness (QED) is 0.819. The molecule has 0 heterocycles. The van der Waals surface area contributed by atoms with Gasteiger partial charge in [0.2, 0.25) is 0 Å². The monoisotopic (exact) mass is 252 g/mol. The van der Waals surface area contributed by atoms with E-state index in [-0.39, 0.29) is 0 Å². The molecule has 0 aromatic rings. The summed E-state index contributed by atoms with van der Waals surface area (Å²) < 4.78 is 5.30. The summed E-state index contributed by atoms with van der Waals surface area (Å²) in [6, 6.07) is 2.32. The second kappa shape index (κ2) is 4.79. The van der Waals surface area contributed by atoms with E-state index in [9.17, 15) is 10.1 Å². The van der Waals surface area contributed by atoms with Crippen molar-refractivity contribution >= 4 is 6.09 Å². The number of carbonyl (C=O) groups is 1. The Morgan fingerprint density at radius 1 is 1.22 bits per heavy atom. The number of rotatable bonds is 2. The fourth-order valence-corrected chi connectivity index (χ4v) is 2.49. The summed E-state index contributed by atoms with van der Waals surface area (Å²) in [6.07, 6.45) is 3.34. The number of nitrogens with one attached hydrogen (secondary N) is 1. The lowest BCUT2D eigenvalue weighted by Crippen LogP contribution is -2.56. The number of nitrogens with zero attached hydrogens (tertiary/aromatic N) is 1. The van der Waals surface area contributed by atoms with Gasteiger partial charge < -0.3 is 10.1 Å². The maximum Gasteiger partial charge on any atom is 0.408 e. The van der Waals surface area contributed by atoms with Crippen molar-refractivity contribution in [3.05, 3.63) is 0 Å². The van der Waals surface area contributed by atoms with Crippen LogP contribution < -0.4 is 5.32 Å². The van der Waals surface area contributed by atoms with Crippen molar-refractivity contribution < 1.29 is 9.53 Å². The molecular weight excluding hydrogens is 228 g/mol. The van der Waals surface area contributed by atoms with Gasteiger partial charge in [0.25, 0.3) is 0 Å². The zero-order chi connectivity index (χ0) is 14.0. The first kappa shape index (κ1) is 14.8. The van der Waals surface area contributed by atoms with Gasteiger partial charge in [-0.25, -0.2) is 4.79 Å². The van der Waals surface area contributed by atoms with E-state index in [1.165, 1.54) is 0 Å². The van der Waals surface area contributed by atoms with Crippen molar-refractivity contribution in [3.8, 4) is 6.07 Å². The molecule has 1 aliphatic rings. The number of amides is 1. The van der Waals surface area contributed by atoms with Crippen molar-refractivity contribution in [1.29, 1.82) is 5.26 Å². The molecule has 1 aliphatic carbocycles. The van der Waals surface area contributed by atoms with Crippen LogP contribution in [0.4, 0.5) is 4.79 Å². The number of ether oxygens (including phenoxy) is 1. The van der Waals surface area contributed by atoms with Gasteiger partial charge in [-0.05, 0) is 47.5 Å². The van der Waals surface area contributed by atoms with Crippen LogP contribution in [0, 0.1) is 16.7 Å². The zero-order valence-electron chi connectivity index (χ0n) is 12.1. The summed E-state index contributed by atoms with van der Waals surface area (Å²) >= 11 is 0. The molecule has 0 spiro atoms. The minimum atomic E-state index is -0.583. The summed E-state index contributed by atoms with van der Waals surface area (Å²) in [7, 11) is 0. The van der Waals surface area contributed by atoms with Crippen LogP contribution in [0.1, 0.15) is 60.3 Å². The van der Waals surface area contributed by atoms with Crippen LogP contribution in [0.2, 0.25) is 0 Å². The molecule has 1 saturated carbocycles. The van der Waals surface area contributed by atoms with Gasteiger partial charge in [0.1, 0.15) is 5.60 Å². The Labute approximate surface area is 110 Å². The standard InChI is InChI=1S/C14H24N2O2/c1-12(2,3)18-11(17)16-14(8-6-7-9-14)13(4,5)10-15/h6-9H2,1-5H3,(H,16,17). The highest BCUT2D eigenvalue weighted by atomic mass is 16.6. The Bertz CT molecular complexity index is 355. The second-order valence-corrected chi connectivity index (χ2v) is 6.65. The molecule has 0 unspecified atom stereocenters. The molecule has 1 rings (SSSR count). The van der Waals surface area contributed by atoms with E-state index in [4.69, 9.17) is 4.74 Å². The van der Waals surface area contributed by atoms with Gasteiger partial charge in [-0.15, -0.1) is 0 Å². The smallest absolute Gasteiger partial charge is 0.408 e. The molecule has 4 heteroatoms. The molecule has 0 aliphatic heterocycles. The molecule has 0 radical (unpaired) electrons. The molecule has 1 fully saturated rings. The van der Waals surface area contributed by atoms with E-state index in [0.717, 1.165) is 25.7 Å². The van der Waals surface area contributed by atoms with E-state index in [1.807, 2.05) is 34.6 Å². The first-order chi connectivity index (χ1) is 8.12. The van der Waals surface area contributed by atoms with Crippen LogP contribution in [-0.2, 0) is 4.74 Å².